The molecule has 1 heteroatoms. The third-order valence-electron chi connectivity index (χ3n) is 3.93. The Kier molecular flexibility index (Phi) is 9.40. The lowest BCUT2D eigenvalue weighted by Gasteiger charge is -2.09. The van der Waals surface area contributed by atoms with Crippen molar-refractivity contribution in [3.05, 3.63) is 34.9 Å². The maximum Gasteiger partial charge on any atom is 0.0682 e. The zero-order valence-electron chi connectivity index (χ0n) is 13.5. The first-order chi connectivity index (χ1) is 9.80. The highest BCUT2D eigenvalue weighted by molar-refractivity contribution is 5.30. The Bertz CT molecular complexity index is 327. The van der Waals surface area contributed by atoms with E-state index < -0.39 is 0 Å². The van der Waals surface area contributed by atoms with Crippen LogP contribution in [0, 0.1) is 0 Å². The number of hydrogen-bond donors (Lipinski definition) is 1. The average Bonchev–Trinajstić information content (AvgIpc) is 2.48. The van der Waals surface area contributed by atoms with Crippen LogP contribution in [0.3, 0.4) is 0 Å². The monoisotopic (exact) mass is 276 g/mol. The minimum atomic E-state index is 0.171. The molecule has 0 unspecified atom stereocenters. The van der Waals surface area contributed by atoms with E-state index in [2.05, 4.69) is 32.0 Å². The number of rotatable bonds is 11. The smallest absolute Gasteiger partial charge is 0.0682 e. The standard InChI is InChI=1S/C19H32O/c1-3-5-7-9-11-17-13-18(12-10-8-6-4-2)15-19(14-17)16-20/h13-15,20H,3-12,16H2,1-2H3. The van der Waals surface area contributed by atoms with Crippen molar-refractivity contribution in [2.75, 3.05) is 0 Å². The van der Waals surface area contributed by atoms with Gasteiger partial charge in [-0.15, -0.1) is 0 Å². The quantitative estimate of drug-likeness (QED) is 0.535. The lowest BCUT2D eigenvalue weighted by Crippen LogP contribution is -1.95. The Balaban J connectivity index is 2.51. The fourth-order valence-electron chi connectivity index (χ4n) is 2.73. The van der Waals surface area contributed by atoms with Crippen molar-refractivity contribution >= 4 is 0 Å². The first kappa shape index (κ1) is 17.2. The minimum Gasteiger partial charge on any atom is -0.392 e. The summed E-state index contributed by atoms with van der Waals surface area (Å²) in [6, 6.07) is 6.72. The first-order valence-electron chi connectivity index (χ1n) is 8.52. The van der Waals surface area contributed by atoms with Gasteiger partial charge >= 0.3 is 0 Å². The van der Waals surface area contributed by atoms with Gasteiger partial charge in [-0.1, -0.05) is 70.6 Å². The van der Waals surface area contributed by atoms with Crippen molar-refractivity contribution in [2.24, 2.45) is 0 Å². The van der Waals surface area contributed by atoms with Crippen molar-refractivity contribution in [3.8, 4) is 0 Å². The molecule has 0 aliphatic heterocycles. The summed E-state index contributed by atoms with van der Waals surface area (Å²) in [7, 11) is 0. The van der Waals surface area contributed by atoms with E-state index in [-0.39, 0.29) is 6.61 Å². The molecule has 0 bridgehead atoms. The molecule has 0 aromatic heterocycles. The predicted octanol–water partition coefficient (Wildman–Crippen LogP) is 5.42. The highest BCUT2D eigenvalue weighted by Gasteiger charge is 2.02. The van der Waals surface area contributed by atoms with Gasteiger partial charge in [0.05, 0.1) is 6.61 Å². The van der Waals surface area contributed by atoms with E-state index in [0.29, 0.717) is 0 Å². The number of benzene rings is 1. The first-order valence-corrected chi connectivity index (χ1v) is 8.52. The maximum atomic E-state index is 9.41. The molecule has 1 nitrogen and oxygen atoms in total. The normalized spacial score (nSPS) is 10.9. The number of hydrogen-bond acceptors (Lipinski definition) is 1. The van der Waals surface area contributed by atoms with Crippen molar-refractivity contribution in [1.82, 2.24) is 0 Å². The molecule has 0 saturated heterocycles. The van der Waals surface area contributed by atoms with Crippen LogP contribution < -0.4 is 0 Å². The van der Waals surface area contributed by atoms with E-state index in [1.54, 1.807) is 0 Å². The van der Waals surface area contributed by atoms with Crippen LogP contribution in [0.4, 0.5) is 0 Å². The van der Waals surface area contributed by atoms with Gasteiger partial charge in [-0.3, -0.25) is 0 Å². The SMILES string of the molecule is CCCCCCc1cc(CO)cc(CCCCCC)c1. The fraction of sp³-hybridized carbons (Fsp3) is 0.684. The van der Waals surface area contributed by atoms with Gasteiger partial charge in [0.15, 0.2) is 0 Å². The molecule has 0 saturated carbocycles. The zero-order chi connectivity index (χ0) is 14.6. The molecule has 1 aromatic carbocycles. The molecule has 0 aliphatic carbocycles. The molecule has 0 aliphatic rings. The van der Waals surface area contributed by atoms with Gasteiger partial charge in [-0.2, -0.15) is 0 Å². The average molecular weight is 276 g/mol. The van der Waals surface area contributed by atoms with Crippen LogP contribution in [0.25, 0.3) is 0 Å². The molecule has 1 rings (SSSR count). The van der Waals surface area contributed by atoms with Crippen LogP contribution in [0.5, 0.6) is 0 Å². The van der Waals surface area contributed by atoms with Gasteiger partial charge in [0.2, 0.25) is 0 Å². The minimum absolute atomic E-state index is 0.171. The lowest BCUT2D eigenvalue weighted by molar-refractivity contribution is 0.281. The topological polar surface area (TPSA) is 20.2 Å². The van der Waals surface area contributed by atoms with E-state index >= 15 is 0 Å². The van der Waals surface area contributed by atoms with E-state index in [1.807, 2.05) is 0 Å². The summed E-state index contributed by atoms with van der Waals surface area (Å²) in [4.78, 5) is 0. The maximum absolute atomic E-state index is 9.41. The van der Waals surface area contributed by atoms with Gasteiger partial charge in [0, 0.05) is 0 Å². The third-order valence-corrected chi connectivity index (χ3v) is 3.93. The van der Waals surface area contributed by atoms with E-state index in [9.17, 15) is 5.11 Å². The molecule has 0 fully saturated rings. The van der Waals surface area contributed by atoms with Crippen molar-refractivity contribution in [1.29, 1.82) is 0 Å². The molecule has 1 aromatic rings. The number of aliphatic hydroxyl groups is 1. The molecule has 0 atom stereocenters. The highest BCUT2D eigenvalue weighted by atomic mass is 16.3. The molecule has 0 heterocycles. The van der Waals surface area contributed by atoms with E-state index in [4.69, 9.17) is 0 Å². The van der Waals surface area contributed by atoms with Crippen LogP contribution in [0.15, 0.2) is 18.2 Å². The van der Waals surface area contributed by atoms with Gasteiger partial charge in [0.1, 0.15) is 0 Å². The van der Waals surface area contributed by atoms with Gasteiger partial charge in [-0.25, -0.2) is 0 Å². The van der Waals surface area contributed by atoms with Crippen LogP contribution in [-0.2, 0) is 19.4 Å². The Morgan fingerprint density at radius 1 is 0.650 bits per heavy atom. The Morgan fingerprint density at radius 2 is 1.10 bits per heavy atom. The number of unbranched alkanes of at least 4 members (excludes halogenated alkanes) is 6. The summed E-state index contributed by atoms with van der Waals surface area (Å²) in [5.41, 5.74) is 3.92. The van der Waals surface area contributed by atoms with Crippen LogP contribution >= 0.6 is 0 Å². The summed E-state index contributed by atoms with van der Waals surface area (Å²) in [5.74, 6) is 0. The Labute approximate surface area is 125 Å². The molecule has 20 heavy (non-hydrogen) atoms. The highest BCUT2D eigenvalue weighted by Crippen LogP contribution is 2.16. The lowest BCUT2D eigenvalue weighted by atomic mass is 9.98. The second-order valence-corrected chi connectivity index (χ2v) is 5.94. The summed E-state index contributed by atoms with van der Waals surface area (Å²) in [6.07, 6.45) is 12.8. The summed E-state index contributed by atoms with van der Waals surface area (Å²) in [5, 5.41) is 9.41. The summed E-state index contributed by atoms with van der Waals surface area (Å²) in [6.45, 7) is 4.67. The Morgan fingerprint density at radius 3 is 1.50 bits per heavy atom. The molecular weight excluding hydrogens is 244 g/mol. The molecular formula is C19H32O. The summed E-state index contributed by atoms with van der Waals surface area (Å²) < 4.78 is 0. The molecule has 114 valence electrons. The number of aryl methyl sites for hydroxylation is 2. The van der Waals surface area contributed by atoms with E-state index in [1.165, 1.54) is 62.5 Å². The second-order valence-electron chi connectivity index (χ2n) is 5.94. The van der Waals surface area contributed by atoms with Gasteiger partial charge in [0.25, 0.3) is 0 Å². The molecule has 0 amide bonds. The molecule has 0 radical (unpaired) electrons. The van der Waals surface area contributed by atoms with Crippen molar-refractivity contribution in [2.45, 2.75) is 84.7 Å². The van der Waals surface area contributed by atoms with Gasteiger partial charge in [-0.05, 0) is 42.4 Å². The van der Waals surface area contributed by atoms with Crippen LogP contribution in [0.2, 0.25) is 0 Å². The third kappa shape index (κ3) is 7.09. The van der Waals surface area contributed by atoms with Crippen molar-refractivity contribution < 1.29 is 5.11 Å². The molecule has 1 N–H and O–H groups in total. The summed E-state index contributed by atoms with van der Waals surface area (Å²) >= 11 is 0. The largest absolute Gasteiger partial charge is 0.392 e. The van der Waals surface area contributed by atoms with Gasteiger partial charge < -0.3 is 5.11 Å². The van der Waals surface area contributed by atoms with Crippen LogP contribution in [-0.4, -0.2) is 5.11 Å². The number of aliphatic hydroxyl groups excluding tert-OH is 1. The fourth-order valence-corrected chi connectivity index (χ4v) is 2.73. The van der Waals surface area contributed by atoms with Crippen LogP contribution in [0.1, 0.15) is 81.9 Å². The second kappa shape index (κ2) is 10.9. The predicted molar refractivity (Wildman–Crippen MR) is 88.1 cm³/mol. The van der Waals surface area contributed by atoms with E-state index in [0.717, 1.165) is 18.4 Å². The molecule has 0 spiro atoms. The Hall–Kier alpha value is -0.820. The zero-order valence-corrected chi connectivity index (χ0v) is 13.5. The van der Waals surface area contributed by atoms with Crippen molar-refractivity contribution in [3.63, 3.8) is 0 Å².